The summed E-state index contributed by atoms with van der Waals surface area (Å²) in [6.45, 7) is 4.36. The SMILES string of the molecule is CC(c1ccc(Cl)c(Cl)c1)c1cccc(Sc2cccc(C(C)c3ccc(Cl)c(Cl)c3)c2-n2ccnc2)c1-n1ccnc1. The highest BCUT2D eigenvalue weighted by Crippen LogP contribution is 2.43. The zero-order chi connectivity index (χ0) is 30.1. The molecule has 6 rings (SSSR count). The second-order valence-electron chi connectivity index (χ2n) is 10.2. The minimum Gasteiger partial charge on any atom is -0.305 e. The number of benzene rings is 4. The molecule has 2 heterocycles. The highest BCUT2D eigenvalue weighted by Gasteiger charge is 2.22. The third-order valence-corrected chi connectivity index (χ3v) is 10.2. The minimum atomic E-state index is 0.0434. The van der Waals surface area contributed by atoms with E-state index in [1.807, 2.05) is 61.4 Å². The molecule has 0 fully saturated rings. The topological polar surface area (TPSA) is 35.6 Å². The van der Waals surface area contributed by atoms with Crippen molar-refractivity contribution in [3.63, 3.8) is 0 Å². The second-order valence-corrected chi connectivity index (χ2v) is 12.9. The summed E-state index contributed by atoms with van der Waals surface area (Å²) in [5.41, 5.74) is 6.56. The van der Waals surface area contributed by atoms with Gasteiger partial charge in [-0.3, -0.25) is 0 Å². The van der Waals surface area contributed by atoms with E-state index >= 15 is 0 Å². The summed E-state index contributed by atoms with van der Waals surface area (Å²) in [4.78, 5) is 10.9. The summed E-state index contributed by atoms with van der Waals surface area (Å²) >= 11 is 27.0. The smallest absolute Gasteiger partial charge is 0.0992 e. The Kier molecular flexibility index (Phi) is 8.90. The predicted molar refractivity (Wildman–Crippen MR) is 179 cm³/mol. The molecular weight excluding hydrogens is 638 g/mol. The molecule has 2 unspecified atom stereocenters. The van der Waals surface area contributed by atoms with Gasteiger partial charge in [0.2, 0.25) is 0 Å². The Morgan fingerprint density at radius 2 is 1.02 bits per heavy atom. The van der Waals surface area contributed by atoms with Crippen LogP contribution in [0.1, 0.15) is 47.9 Å². The highest BCUT2D eigenvalue weighted by atomic mass is 35.5. The van der Waals surface area contributed by atoms with Gasteiger partial charge in [0.05, 0.1) is 44.1 Å². The predicted octanol–water partition coefficient (Wildman–Crippen LogP) is 11.1. The Labute approximate surface area is 275 Å². The van der Waals surface area contributed by atoms with Crippen LogP contribution in [0.2, 0.25) is 20.1 Å². The maximum absolute atomic E-state index is 6.42. The summed E-state index contributed by atoms with van der Waals surface area (Å²) in [6.07, 6.45) is 11.2. The molecule has 0 aliphatic carbocycles. The molecule has 4 aromatic carbocycles. The fourth-order valence-electron chi connectivity index (χ4n) is 5.32. The van der Waals surface area contributed by atoms with E-state index in [0.29, 0.717) is 20.1 Å². The lowest BCUT2D eigenvalue weighted by molar-refractivity contribution is 0.875. The van der Waals surface area contributed by atoms with Gasteiger partial charge in [0.15, 0.2) is 0 Å². The van der Waals surface area contributed by atoms with Crippen molar-refractivity contribution in [3.8, 4) is 11.4 Å². The molecule has 43 heavy (non-hydrogen) atoms. The molecule has 0 spiro atoms. The van der Waals surface area contributed by atoms with E-state index in [9.17, 15) is 0 Å². The number of halogens is 4. The quantitative estimate of drug-likeness (QED) is 0.162. The van der Waals surface area contributed by atoms with Crippen molar-refractivity contribution in [1.82, 2.24) is 19.1 Å². The first-order valence-electron chi connectivity index (χ1n) is 13.6. The summed E-state index contributed by atoms with van der Waals surface area (Å²) in [6, 6.07) is 24.5. The molecule has 9 heteroatoms. The van der Waals surface area contributed by atoms with Gasteiger partial charge in [-0.1, -0.05) is 108 Å². The lowest BCUT2D eigenvalue weighted by Crippen LogP contribution is -2.06. The number of nitrogens with zero attached hydrogens (tertiary/aromatic N) is 4. The largest absolute Gasteiger partial charge is 0.305 e. The van der Waals surface area contributed by atoms with Crippen LogP contribution in [0.25, 0.3) is 11.4 Å². The molecule has 2 aromatic heterocycles. The van der Waals surface area contributed by atoms with Crippen LogP contribution in [-0.4, -0.2) is 19.1 Å². The van der Waals surface area contributed by atoms with Crippen LogP contribution in [-0.2, 0) is 0 Å². The number of para-hydroxylation sites is 2. The molecule has 0 aliphatic heterocycles. The first-order valence-corrected chi connectivity index (χ1v) is 15.9. The van der Waals surface area contributed by atoms with Crippen molar-refractivity contribution >= 4 is 58.2 Å². The molecule has 0 saturated carbocycles. The summed E-state index contributed by atoms with van der Waals surface area (Å²) in [5, 5.41) is 2.16. The van der Waals surface area contributed by atoms with Gasteiger partial charge in [0.1, 0.15) is 0 Å². The van der Waals surface area contributed by atoms with Crippen LogP contribution in [0.3, 0.4) is 0 Å². The Balaban J connectivity index is 1.48. The Morgan fingerprint density at radius 3 is 1.40 bits per heavy atom. The Bertz CT molecular complexity index is 1750. The maximum atomic E-state index is 6.42. The van der Waals surface area contributed by atoms with E-state index in [1.165, 1.54) is 0 Å². The molecule has 6 aromatic rings. The van der Waals surface area contributed by atoms with Gasteiger partial charge >= 0.3 is 0 Å². The monoisotopic (exact) mass is 662 g/mol. The third kappa shape index (κ3) is 6.11. The van der Waals surface area contributed by atoms with E-state index in [2.05, 4.69) is 69.3 Å². The van der Waals surface area contributed by atoms with Gasteiger partial charge in [-0.25, -0.2) is 9.97 Å². The highest BCUT2D eigenvalue weighted by molar-refractivity contribution is 7.99. The van der Waals surface area contributed by atoms with E-state index < -0.39 is 0 Å². The zero-order valence-electron chi connectivity index (χ0n) is 23.3. The average molecular weight is 664 g/mol. The average Bonchev–Trinajstić information content (AvgIpc) is 3.74. The maximum Gasteiger partial charge on any atom is 0.0992 e. The van der Waals surface area contributed by atoms with Crippen molar-refractivity contribution in [2.45, 2.75) is 35.5 Å². The molecule has 0 N–H and O–H groups in total. The molecule has 0 saturated heterocycles. The summed E-state index contributed by atoms with van der Waals surface area (Å²) < 4.78 is 4.15. The van der Waals surface area contributed by atoms with Crippen molar-refractivity contribution in [1.29, 1.82) is 0 Å². The normalized spacial score (nSPS) is 12.8. The molecule has 216 valence electrons. The molecule has 4 nitrogen and oxygen atoms in total. The third-order valence-electron chi connectivity index (χ3n) is 7.63. The number of aromatic nitrogens is 4. The number of imidazole rings is 2. The van der Waals surface area contributed by atoms with Crippen LogP contribution in [0, 0.1) is 0 Å². The van der Waals surface area contributed by atoms with Crippen molar-refractivity contribution in [2.75, 3.05) is 0 Å². The van der Waals surface area contributed by atoms with Crippen molar-refractivity contribution in [2.24, 2.45) is 0 Å². The van der Waals surface area contributed by atoms with E-state index in [-0.39, 0.29) is 11.8 Å². The Morgan fingerprint density at radius 1 is 0.581 bits per heavy atom. The molecular formula is C34H26Cl4N4S. The lowest BCUT2D eigenvalue weighted by Gasteiger charge is -2.23. The number of hydrogen-bond acceptors (Lipinski definition) is 3. The van der Waals surface area contributed by atoms with E-state index in [4.69, 9.17) is 46.4 Å². The summed E-state index contributed by atoms with van der Waals surface area (Å²) in [5.74, 6) is 0.0868. The van der Waals surface area contributed by atoms with Crippen molar-refractivity contribution in [3.05, 3.63) is 153 Å². The van der Waals surface area contributed by atoms with Gasteiger partial charge in [-0.15, -0.1) is 0 Å². The van der Waals surface area contributed by atoms with Gasteiger partial charge in [0, 0.05) is 46.4 Å². The van der Waals surface area contributed by atoms with E-state index in [1.54, 1.807) is 24.2 Å². The Hall–Kier alpha value is -3.19. The molecule has 0 aliphatic rings. The summed E-state index contributed by atoms with van der Waals surface area (Å²) in [7, 11) is 0. The van der Waals surface area contributed by atoms with Crippen LogP contribution in [0.5, 0.6) is 0 Å². The van der Waals surface area contributed by atoms with Gasteiger partial charge in [-0.05, 0) is 58.7 Å². The van der Waals surface area contributed by atoms with Crippen LogP contribution < -0.4 is 0 Å². The fourth-order valence-corrected chi connectivity index (χ4v) is 7.10. The second kappa shape index (κ2) is 12.8. The number of rotatable bonds is 8. The number of hydrogen-bond donors (Lipinski definition) is 0. The first kappa shape index (κ1) is 29.9. The van der Waals surface area contributed by atoms with Crippen LogP contribution >= 0.6 is 58.2 Å². The fraction of sp³-hybridized carbons (Fsp3) is 0.118. The zero-order valence-corrected chi connectivity index (χ0v) is 27.1. The van der Waals surface area contributed by atoms with Crippen molar-refractivity contribution < 1.29 is 0 Å². The first-order chi connectivity index (χ1) is 20.8. The van der Waals surface area contributed by atoms with Gasteiger partial charge in [0.25, 0.3) is 0 Å². The molecule has 0 amide bonds. The molecule has 2 atom stereocenters. The lowest BCUT2D eigenvalue weighted by atomic mass is 9.91. The standard InChI is InChI=1S/C34H26Cl4N4S/c1-21(23-9-11-27(35)29(37)17-23)25-5-3-7-31(33(25)41-15-13-39-19-41)43-32-8-4-6-26(34(32)42-16-14-40-20-42)22(2)24-10-12-28(36)30(38)18-24/h3-22H,1-2H3. The van der Waals surface area contributed by atoms with Gasteiger partial charge in [-0.2, -0.15) is 0 Å². The minimum absolute atomic E-state index is 0.0434. The van der Waals surface area contributed by atoms with Crippen LogP contribution in [0.4, 0.5) is 0 Å². The van der Waals surface area contributed by atoms with Gasteiger partial charge < -0.3 is 9.13 Å². The molecule has 0 radical (unpaired) electrons. The van der Waals surface area contributed by atoms with E-state index in [0.717, 1.165) is 43.4 Å². The van der Waals surface area contributed by atoms with Crippen LogP contribution in [0.15, 0.2) is 120 Å². The molecule has 0 bridgehead atoms.